The standard InChI is InChI=1S/C33H35F3N6O2S/c1-5-7-23-9-8-22(2)20-28(23)41-18-6-19-45-31(41)38-30(43)39-32(3,4)25-12-10-24(11-13-25)29-37-21-42(40-29)26-14-16-27(17-15-26)44-33(34,35)36/h8-17,20-21H,5-7,18-19H2,1-4H3,(H,39,43)/b38-31-. The number of amidine groups is 1. The van der Waals surface area contributed by atoms with Gasteiger partial charge in [0.1, 0.15) is 12.1 Å². The number of benzene rings is 3. The highest BCUT2D eigenvalue weighted by Crippen LogP contribution is 2.31. The number of hydrogen-bond donors (Lipinski definition) is 1. The third-order valence-electron chi connectivity index (χ3n) is 7.35. The van der Waals surface area contributed by atoms with Gasteiger partial charge in [0.25, 0.3) is 0 Å². The van der Waals surface area contributed by atoms with E-state index in [0.29, 0.717) is 16.7 Å². The maximum atomic E-state index is 13.2. The maximum absolute atomic E-state index is 13.2. The van der Waals surface area contributed by atoms with E-state index in [1.54, 1.807) is 11.8 Å². The van der Waals surface area contributed by atoms with Gasteiger partial charge in [0, 0.05) is 23.5 Å². The molecule has 2 heterocycles. The lowest BCUT2D eigenvalue weighted by Crippen LogP contribution is -2.41. The average molecular weight is 637 g/mol. The van der Waals surface area contributed by atoms with Gasteiger partial charge in [-0.15, -0.1) is 18.3 Å². The van der Waals surface area contributed by atoms with Gasteiger partial charge in [0.15, 0.2) is 11.0 Å². The van der Waals surface area contributed by atoms with Crippen LogP contribution in [0.4, 0.5) is 23.7 Å². The summed E-state index contributed by atoms with van der Waals surface area (Å²) in [7, 11) is 0. The molecule has 3 aromatic carbocycles. The number of urea groups is 1. The number of aryl methyl sites for hydroxylation is 2. The van der Waals surface area contributed by atoms with Gasteiger partial charge in [-0.2, -0.15) is 4.99 Å². The van der Waals surface area contributed by atoms with Crippen LogP contribution in [0.5, 0.6) is 5.75 Å². The Balaban J connectivity index is 1.28. The molecule has 0 saturated carbocycles. The molecule has 1 aliphatic rings. The minimum absolute atomic E-state index is 0.314. The van der Waals surface area contributed by atoms with Crippen molar-refractivity contribution in [2.24, 2.45) is 4.99 Å². The predicted octanol–water partition coefficient (Wildman–Crippen LogP) is 8.04. The summed E-state index contributed by atoms with van der Waals surface area (Å²) in [5.74, 6) is 1.04. The number of aliphatic imine (C=N–C) groups is 1. The van der Waals surface area contributed by atoms with Gasteiger partial charge in [-0.1, -0.05) is 61.5 Å². The van der Waals surface area contributed by atoms with Crippen LogP contribution in [0.2, 0.25) is 0 Å². The number of rotatable bonds is 8. The Labute approximate surface area is 264 Å². The minimum Gasteiger partial charge on any atom is -0.406 e. The maximum Gasteiger partial charge on any atom is 0.573 e. The van der Waals surface area contributed by atoms with E-state index in [4.69, 9.17) is 0 Å². The third-order valence-corrected chi connectivity index (χ3v) is 8.41. The molecule has 236 valence electrons. The topological polar surface area (TPSA) is 84.6 Å². The summed E-state index contributed by atoms with van der Waals surface area (Å²) in [5, 5.41) is 8.23. The van der Waals surface area contributed by atoms with E-state index < -0.39 is 17.9 Å². The first kappa shape index (κ1) is 32.1. The quantitative estimate of drug-likeness (QED) is 0.211. The number of thioether (sulfide) groups is 1. The molecule has 0 radical (unpaired) electrons. The van der Waals surface area contributed by atoms with Crippen LogP contribution >= 0.6 is 11.8 Å². The Morgan fingerprint density at radius 1 is 1.07 bits per heavy atom. The number of amides is 2. The number of nitrogens with zero attached hydrogens (tertiary/aromatic N) is 5. The zero-order valence-electron chi connectivity index (χ0n) is 25.6. The fourth-order valence-electron chi connectivity index (χ4n) is 5.09. The highest BCUT2D eigenvalue weighted by atomic mass is 32.2. The van der Waals surface area contributed by atoms with Gasteiger partial charge in [0.2, 0.25) is 0 Å². The summed E-state index contributed by atoms with van der Waals surface area (Å²) in [6.07, 6.45) is -0.259. The number of aromatic nitrogens is 3. The van der Waals surface area contributed by atoms with Crippen LogP contribution in [0.3, 0.4) is 0 Å². The molecule has 12 heteroatoms. The summed E-state index contributed by atoms with van der Waals surface area (Å²) in [5.41, 5.74) is 4.98. The molecule has 1 saturated heterocycles. The Morgan fingerprint density at radius 3 is 2.49 bits per heavy atom. The van der Waals surface area contributed by atoms with E-state index in [-0.39, 0.29) is 5.75 Å². The van der Waals surface area contributed by atoms with Gasteiger partial charge in [-0.25, -0.2) is 14.5 Å². The van der Waals surface area contributed by atoms with Gasteiger partial charge in [-0.3, -0.25) is 0 Å². The second kappa shape index (κ2) is 13.4. The Morgan fingerprint density at radius 2 is 1.80 bits per heavy atom. The molecule has 0 unspecified atom stereocenters. The van der Waals surface area contributed by atoms with Crippen molar-refractivity contribution in [3.8, 4) is 22.8 Å². The largest absolute Gasteiger partial charge is 0.573 e. The minimum atomic E-state index is -4.76. The molecule has 1 aliphatic heterocycles. The molecule has 4 aromatic rings. The molecule has 0 bridgehead atoms. The molecule has 1 aromatic heterocycles. The van der Waals surface area contributed by atoms with Gasteiger partial charge in [-0.05, 0) is 80.6 Å². The molecular weight excluding hydrogens is 601 g/mol. The number of carbonyl (C=O) groups excluding carboxylic acids is 1. The fourth-order valence-corrected chi connectivity index (χ4v) is 6.04. The normalized spacial score (nSPS) is 14.9. The van der Waals surface area contributed by atoms with Crippen molar-refractivity contribution in [2.45, 2.75) is 58.9 Å². The lowest BCUT2D eigenvalue weighted by Gasteiger charge is -2.32. The number of ether oxygens (including phenoxy) is 1. The van der Waals surface area contributed by atoms with E-state index in [1.165, 1.54) is 46.4 Å². The summed E-state index contributed by atoms with van der Waals surface area (Å²) in [4.78, 5) is 24.3. The number of nitrogens with one attached hydrogen (secondary N) is 1. The predicted molar refractivity (Wildman–Crippen MR) is 172 cm³/mol. The van der Waals surface area contributed by atoms with Crippen LogP contribution in [0.15, 0.2) is 78.0 Å². The smallest absolute Gasteiger partial charge is 0.406 e. The SMILES string of the molecule is CCCc1ccc(C)cc1N1CCCS/C1=N\C(=O)NC(C)(C)c1ccc(-c2ncn(-c3ccc(OC(F)(F)F)cc3)n2)cc1. The van der Waals surface area contributed by atoms with Crippen molar-refractivity contribution < 1.29 is 22.7 Å². The molecular formula is C33H35F3N6O2S. The van der Waals surface area contributed by atoms with Crippen LogP contribution in [0, 0.1) is 6.92 Å². The van der Waals surface area contributed by atoms with Crippen LogP contribution in [-0.2, 0) is 12.0 Å². The van der Waals surface area contributed by atoms with E-state index in [1.807, 2.05) is 38.1 Å². The van der Waals surface area contributed by atoms with Crippen LogP contribution in [0.1, 0.15) is 50.3 Å². The Bertz CT molecular complexity index is 1670. The summed E-state index contributed by atoms with van der Waals surface area (Å²) in [6, 6.07) is 19.0. The zero-order chi connectivity index (χ0) is 32.2. The van der Waals surface area contributed by atoms with Crippen molar-refractivity contribution in [1.29, 1.82) is 0 Å². The number of hydrogen-bond acceptors (Lipinski definition) is 5. The molecule has 0 spiro atoms. The fraction of sp³-hybridized carbons (Fsp3) is 0.333. The van der Waals surface area contributed by atoms with Crippen LogP contribution < -0.4 is 15.0 Å². The first-order chi connectivity index (χ1) is 21.4. The number of alkyl halides is 3. The zero-order valence-corrected chi connectivity index (χ0v) is 26.4. The van der Waals surface area contributed by atoms with E-state index >= 15 is 0 Å². The molecule has 0 aliphatic carbocycles. The van der Waals surface area contributed by atoms with Crippen molar-refractivity contribution in [3.05, 3.63) is 89.7 Å². The van der Waals surface area contributed by atoms with Crippen LogP contribution in [-0.4, -0.2) is 44.6 Å². The molecule has 1 N–H and O–H groups in total. The van der Waals surface area contributed by atoms with Crippen molar-refractivity contribution in [3.63, 3.8) is 0 Å². The molecule has 45 heavy (non-hydrogen) atoms. The van der Waals surface area contributed by atoms with Gasteiger partial charge >= 0.3 is 12.4 Å². The van der Waals surface area contributed by atoms with E-state index in [0.717, 1.165) is 48.4 Å². The molecule has 2 amide bonds. The third kappa shape index (κ3) is 8.05. The second-order valence-electron chi connectivity index (χ2n) is 11.3. The Hall–Kier alpha value is -4.32. The number of halogens is 3. The summed E-state index contributed by atoms with van der Waals surface area (Å²) < 4.78 is 42.8. The lowest BCUT2D eigenvalue weighted by atomic mass is 9.93. The highest BCUT2D eigenvalue weighted by Gasteiger charge is 2.31. The first-order valence-corrected chi connectivity index (χ1v) is 15.7. The van der Waals surface area contributed by atoms with Crippen molar-refractivity contribution in [1.82, 2.24) is 20.1 Å². The van der Waals surface area contributed by atoms with Crippen LogP contribution in [0.25, 0.3) is 17.1 Å². The second-order valence-corrected chi connectivity index (χ2v) is 12.4. The van der Waals surface area contributed by atoms with Gasteiger partial charge < -0.3 is 15.0 Å². The molecule has 1 fully saturated rings. The van der Waals surface area contributed by atoms with Gasteiger partial charge in [0.05, 0.1) is 11.2 Å². The van der Waals surface area contributed by atoms with E-state index in [9.17, 15) is 18.0 Å². The van der Waals surface area contributed by atoms with E-state index in [2.05, 4.69) is 62.1 Å². The van der Waals surface area contributed by atoms with Crippen molar-refractivity contribution >= 4 is 28.6 Å². The average Bonchev–Trinajstić information content (AvgIpc) is 3.48. The molecule has 5 rings (SSSR count). The van der Waals surface area contributed by atoms with Crippen molar-refractivity contribution in [2.75, 3.05) is 17.2 Å². The number of anilines is 1. The molecule has 0 atom stereocenters. The number of carbonyl (C=O) groups is 1. The summed E-state index contributed by atoms with van der Waals surface area (Å²) >= 11 is 1.60. The summed E-state index contributed by atoms with van der Waals surface area (Å²) in [6.45, 7) is 8.90. The highest BCUT2D eigenvalue weighted by molar-refractivity contribution is 8.14. The molecule has 8 nitrogen and oxygen atoms in total. The Kier molecular flexibility index (Phi) is 9.52. The monoisotopic (exact) mass is 636 g/mol. The lowest BCUT2D eigenvalue weighted by molar-refractivity contribution is -0.274. The first-order valence-electron chi connectivity index (χ1n) is 14.7.